The van der Waals surface area contributed by atoms with Crippen LogP contribution >= 0.6 is 0 Å². The highest BCUT2D eigenvalue weighted by atomic mass is 16.6. The van der Waals surface area contributed by atoms with Gasteiger partial charge in [0.15, 0.2) is 0 Å². The molecule has 2 aromatic carbocycles. The van der Waals surface area contributed by atoms with Crippen molar-refractivity contribution in [3.63, 3.8) is 0 Å². The largest absolute Gasteiger partial charge is 0.497 e. The van der Waals surface area contributed by atoms with Gasteiger partial charge in [-0.1, -0.05) is 57.2 Å². The first-order valence-corrected chi connectivity index (χ1v) is 14.2. The van der Waals surface area contributed by atoms with Crippen LogP contribution in [0.25, 0.3) is 0 Å². The lowest BCUT2D eigenvalue weighted by atomic mass is 9.98. The quantitative estimate of drug-likeness (QED) is 0.254. The van der Waals surface area contributed by atoms with Gasteiger partial charge in [0.05, 0.1) is 7.11 Å². The van der Waals surface area contributed by atoms with Gasteiger partial charge < -0.3 is 25.0 Å². The van der Waals surface area contributed by atoms with Gasteiger partial charge in [-0.05, 0) is 82.0 Å². The van der Waals surface area contributed by atoms with Gasteiger partial charge in [-0.2, -0.15) is 0 Å². The van der Waals surface area contributed by atoms with Crippen LogP contribution in [0, 0.1) is 13.8 Å². The Morgan fingerprint density at radius 1 is 0.900 bits per heavy atom. The lowest BCUT2D eigenvalue weighted by molar-refractivity contribution is -0.138. The van der Waals surface area contributed by atoms with E-state index < -0.39 is 17.7 Å². The van der Waals surface area contributed by atoms with Crippen LogP contribution in [0.2, 0.25) is 0 Å². The summed E-state index contributed by atoms with van der Waals surface area (Å²) >= 11 is 0. The Kier molecular flexibility index (Phi) is 13.0. The number of nitrogens with zero attached hydrogens (tertiary/aromatic N) is 1. The van der Waals surface area contributed by atoms with Gasteiger partial charge in [-0.25, -0.2) is 4.79 Å². The molecule has 220 valence electrons. The molecule has 1 atom stereocenters. The number of amides is 3. The molecule has 8 heteroatoms. The number of unbranched alkanes of at least 4 members (excludes halogenated alkanes) is 5. The van der Waals surface area contributed by atoms with E-state index >= 15 is 0 Å². The van der Waals surface area contributed by atoms with E-state index in [1.165, 1.54) is 6.42 Å². The van der Waals surface area contributed by atoms with Crippen LogP contribution < -0.4 is 15.4 Å². The van der Waals surface area contributed by atoms with Crippen molar-refractivity contribution < 1.29 is 23.9 Å². The molecule has 2 rings (SSSR count). The Balaban J connectivity index is 2.36. The number of carbonyl (C=O) groups excluding carboxylic acids is 3. The number of benzene rings is 2. The number of methoxy groups -OCH3 is 1. The number of hydrogen-bond donors (Lipinski definition) is 2. The fraction of sp³-hybridized carbons (Fsp3) is 0.531. The molecule has 0 bridgehead atoms. The molecule has 0 saturated heterocycles. The van der Waals surface area contributed by atoms with Crippen molar-refractivity contribution >= 4 is 23.6 Å². The van der Waals surface area contributed by atoms with Crippen LogP contribution in [0.15, 0.2) is 42.5 Å². The molecular formula is C32H47N3O5. The molecule has 1 unspecified atom stereocenters. The molecule has 0 aliphatic heterocycles. The summed E-state index contributed by atoms with van der Waals surface area (Å²) < 4.78 is 10.5. The highest BCUT2D eigenvalue weighted by molar-refractivity contribution is 5.98. The minimum absolute atomic E-state index is 0.276. The maximum Gasteiger partial charge on any atom is 0.408 e. The molecule has 0 fully saturated rings. The summed E-state index contributed by atoms with van der Waals surface area (Å²) in [6.07, 6.45) is 5.56. The molecule has 8 nitrogen and oxygen atoms in total. The van der Waals surface area contributed by atoms with Crippen molar-refractivity contribution in [2.24, 2.45) is 0 Å². The monoisotopic (exact) mass is 553 g/mol. The number of alkyl carbamates (subject to hydrolysis) is 1. The van der Waals surface area contributed by atoms with Gasteiger partial charge in [-0.15, -0.1) is 0 Å². The molecular weight excluding hydrogens is 506 g/mol. The molecule has 0 aliphatic rings. The van der Waals surface area contributed by atoms with E-state index in [0.717, 1.165) is 43.2 Å². The third kappa shape index (κ3) is 10.9. The normalized spacial score (nSPS) is 11.9. The average Bonchev–Trinajstić information content (AvgIpc) is 2.89. The van der Waals surface area contributed by atoms with E-state index in [1.54, 1.807) is 57.0 Å². The molecule has 2 N–H and O–H groups in total. The van der Waals surface area contributed by atoms with E-state index in [1.807, 2.05) is 32.0 Å². The molecule has 3 amide bonds. The summed E-state index contributed by atoms with van der Waals surface area (Å²) in [5, 5.41) is 5.54. The summed E-state index contributed by atoms with van der Waals surface area (Å²) in [4.78, 5) is 41.4. The van der Waals surface area contributed by atoms with Crippen molar-refractivity contribution in [2.75, 3.05) is 25.5 Å². The van der Waals surface area contributed by atoms with E-state index in [2.05, 4.69) is 17.6 Å². The van der Waals surface area contributed by atoms with Crippen LogP contribution in [0.1, 0.15) is 89.0 Å². The molecule has 0 heterocycles. The second kappa shape index (κ2) is 15.9. The third-order valence-electron chi connectivity index (χ3n) is 6.62. The second-order valence-electron chi connectivity index (χ2n) is 11.2. The Labute approximate surface area is 239 Å². The number of aryl methyl sites for hydroxylation is 2. The summed E-state index contributed by atoms with van der Waals surface area (Å²) in [5.74, 6) is -0.00523. The van der Waals surface area contributed by atoms with Crippen molar-refractivity contribution in [1.82, 2.24) is 10.2 Å². The predicted molar refractivity (Wildman–Crippen MR) is 160 cm³/mol. The Morgan fingerprint density at radius 2 is 1.55 bits per heavy atom. The number of carbonyl (C=O) groups is 3. The maximum absolute atomic E-state index is 13.9. The van der Waals surface area contributed by atoms with E-state index in [4.69, 9.17) is 9.47 Å². The lowest BCUT2D eigenvalue weighted by Crippen LogP contribution is -2.47. The zero-order valence-electron chi connectivity index (χ0n) is 25.3. The number of anilines is 1. The SMILES string of the molecule is CCCCCCCCN(C(=O)CNC(=O)OC(C)(C)C)C(C(=O)Nc1ccc(OC)cc1)c1ccc(C)c(C)c1. The zero-order valence-corrected chi connectivity index (χ0v) is 25.3. The fourth-order valence-corrected chi connectivity index (χ4v) is 4.32. The first-order valence-electron chi connectivity index (χ1n) is 14.2. The van der Waals surface area contributed by atoms with Crippen LogP contribution in [0.4, 0.5) is 10.5 Å². The summed E-state index contributed by atoms with van der Waals surface area (Å²) in [6.45, 7) is 11.6. The van der Waals surface area contributed by atoms with E-state index in [9.17, 15) is 14.4 Å². The maximum atomic E-state index is 13.9. The van der Waals surface area contributed by atoms with Crippen LogP contribution in [0.5, 0.6) is 5.75 Å². The zero-order chi connectivity index (χ0) is 29.7. The van der Waals surface area contributed by atoms with Gasteiger partial charge in [0.1, 0.15) is 23.9 Å². The summed E-state index contributed by atoms with van der Waals surface area (Å²) in [7, 11) is 1.58. The minimum atomic E-state index is -0.884. The van der Waals surface area contributed by atoms with Gasteiger partial charge in [-0.3, -0.25) is 9.59 Å². The van der Waals surface area contributed by atoms with Crippen LogP contribution in [-0.2, 0) is 14.3 Å². The lowest BCUT2D eigenvalue weighted by Gasteiger charge is -2.32. The molecule has 0 aromatic heterocycles. The molecule has 0 spiro atoms. The highest BCUT2D eigenvalue weighted by Gasteiger charge is 2.32. The first kappa shape index (κ1) is 32.7. The van der Waals surface area contributed by atoms with E-state index in [0.29, 0.717) is 23.5 Å². The molecule has 0 aliphatic carbocycles. The standard InChI is InChI=1S/C32H47N3O5/c1-8-9-10-11-12-13-20-35(28(36)22-33-31(38)40-32(4,5)6)29(25-15-14-23(2)24(3)21-25)30(37)34-26-16-18-27(39-7)19-17-26/h14-19,21,29H,8-13,20,22H2,1-7H3,(H,33,38)(H,34,37). The Hall–Kier alpha value is -3.55. The molecule has 0 saturated carbocycles. The molecule has 40 heavy (non-hydrogen) atoms. The summed E-state index contributed by atoms with van der Waals surface area (Å²) in [6, 6.07) is 12.0. The van der Waals surface area contributed by atoms with Gasteiger partial charge >= 0.3 is 6.09 Å². The molecule has 2 aromatic rings. The first-order chi connectivity index (χ1) is 18.9. The smallest absolute Gasteiger partial charge is 0.408 e. The minimum Gasteiger partial charge on any atom is -0.497 e. The van der Waals surface area contributed by atoms with E-state index in [-0.39, 0.29) is 18.4 Å². The second-order valence-corrected chi connectivity index (χ2v) is 11.2. The number of nitrogens with one attached hydrogen (secondary N) is 2. The summed E-state index contributed by atoms with van der Waals surface area (Å²) in [5.41, 5.74) is 2.74. The predicted octanol–water partition coefficient (Wildman–Crippen LogP) is 6.71. The topological polar surface area (TPSA) is 97.0 Å². The van der Waals surface area contributed by atoms with Crippen molar-refractivity contribution in [1.29, 1.82) is 0 Å². The van der Waals surface area contributed by atoms with Crippen LogP contribution in [0.3, 0.4) is 0 Å². The van der Waals surface area contributed by atoms with Gasteiger partial charge in [0.25, 0.3) is 5.91 Å². The van der Waals surface area contributed by atoms with Crippen molar-refractivity contribution in [3.8, 4) is 5.75 Å². The molecule has 0 radical (unpaired) electrons. The van der Waals surface area contributed by atoms with Gasteiger partial charge in [0.2, 0.25) is 5.91 Å². The van der Waals surface area contributed by atoms with Gasteiger partial charge in [0, 0.05) is 12.2 Å². The Bertz CT molecular complexity index is 1110. The number of hydrogen-bond acceptors (Lipinski definition) is 5. The number of ether oxygens (including phenoxy) is 2. The average molecular weight is 554 g/mol. The number of rotatable bonds is 14. The fourth-order valence-electron chi connectivity index (χ4n) is 4.32. The Morgan fingerprint density at radius 3 is 2.15 bits per heavy atom. The highest BCUT2D eigenvalue weighted by Crippen LogP contribution is 2.27. The third-order valence-corrected chi connectivity index (χ3v) is 6.62. The van der Waals surface area contributed by atoms with Crippen LogP contribution in [-0.4, -0.2) is 48.6 Å². The van der Waals surface area contributed by atoms with Crippen molar-refractivity contribution in [2.45, 2.75) is 91.7 Å². The van der Waals surface area contributed by atoms with Crippen molar-refractivity contribution in [3.05, 3.63) is 59.2 Å².